The molecule has 2 heterocycles. The summed E-state index contributed by atoms with van der Waals surface area (Å²) in [6.07, 6.45) is 3.53. The molecule has 0 saturated heterocycles. The van der Waals surface area contributed by atoms with Crippen molar-refractivity contribution in [3.8, 4) is 5.75 Å². The number of fused-ring (bicyclic) bond motifs is 1. The summed E-state index contributed by atoms with van der Waals surface area (Å²) in [4.78, 5) is 28.4. The average molecular weight is 340 g/mol. The number of ether oxygens (including phenoxy) is 1. The van der Waals surface area contributed by atoms with Crippen molar-refractivity contribution in [3.05, 3.63) is 42.2 Å². The van der Waals surface area contributed by atoms with Gasteiger partial charge in [-0.05, 0) is 26.0 Å². The van der Waals surface area contributed by atoms with Crippen LogP contribution in [0.4, 0.5) is 17.1 Å². The van der Waals surface area contributed by atoms with Crippen molar-refractivity contribution in [2.75, 3.05) is 22.5 Å². The Morgan fingerprint density at radius 3 is 2.96 bits per heavy atom. The molecule has 1 aliphatic rings. The SMILES string of the molecule is CC(C)Oc1cncc(NC(=O)c2cccc3c2NCCC(=O)N3)c1. The minimum Gasteiger partial charge on any atom is -0.489 e. The molecule has 0 spiro atoms. The Morgan fingerprint density at radius 1 is 1.32 bits per heavy atom. The molecule has 0 atom stereocenters. The first kappa shape index (κ1) is 16.8. The molecule has 0 fully saturated rings. The Kier molecular flexibility index (Phi) is 4.83. The van der Waals surface area contributed by atoms with Gasteiger partial charge < -0.3 is 20.7 Å². The zero-order valence-corrected chi connectivity index (χ0v) is 14.1. The monoisotopic (exact) mass is 340 g/mol. The van der Waals surface area contributed by atoms with Gasteiger partial charge in [0.1, 0.15) is 5.75 Å². The maximum atomic E-state index is 12.7. The van der Waals surface area contributed by atoms with Crippen molar-refractivity contribution in [1.29, 1.82) is 0 Å². The summed E-state index contributed by atoms with van der Waals surface area (Å²) >= 11 is 0. The molecule has 130 valence electrons. The van der Waals surface area contributed by atoms with Gasteiger partial charge in [0.05, 0.1) is 41.1 Å². The van der Waals surface area contributed by atoms with Crippen molar-refractivity contribution < 1.29 is 14.3 Å². The number of carbonyl (C=O) groups excluding carboxylic acids is 2. The maximum absolute atomic E-state index is 12.7. The molecule has 7 nitrogen and oxygen atoms in total. The van der Waals surface area contributed by atoms with E-state index < -0.39 is 0 Å². The number of amides is 2. The molecule has 1 aromatic carbocycles. The average Bonchev–Trinajstić information content (AvgIpc) is 2.74. The Bertz CT molecular complexity index is 805. The van der Waals surface area contributed by atoms with E-state index in [4.69, 9.17) is 4.74 Å². The predicted molar refractivity (Wildman–Crippen MR) is 96.1 cm³/mol. The van der Waals surface area contributed by atoms with Crippen LogP contribution in [0.2, 0.25) is 0 Å². The highest BCUT2D eigenvalue weighted by atomic mass is 16.5. The second-order valence-electron chi connectivity index (χ2n) is 5.98. The smallest absolute Gasteiger partial charge is 0.257 e. The number of hydrogen-bond donors (Lipinski definition) is 3. The van der Waals surface area contributed by atoms with Crippen molar-refractivity contribution in [2.24, 2.45) is 0 Å². The molecule has 3 rings (SSSR count). The van der Waals surface area contributed by atoms with Crippen LogP contribution in [0.5, 0.6) is 5.75 Å². The highest BCUT2D eigenvalue weighted by molar-refractivity contribution is 6.11. The maximum Gasteiger partial charge on any atom is 0.257 e. The van der Waals surface area contributed by atoms with Crippen LogP contribution in [0.1, 0.15) is 30.6 Å². The lowest BCUT2D eigenvalue weighted by Gasteiger charge is -2.14. The Labute approximate surface area is 145 Å². The second kappa shape index (κ2) is 7.21. The molecule has 0 aliphatic carbocycles. The van der Waals surface area contributed by atoms with Crippen molar-refractivity contribution >= 4 is 28.9 Å². The van der Waals surface area contributed by atoms with Gasteiger partial charge in [-0.25, -0.2) is 0 Å². The van der Waals surface area contributed by atoms with Gasteiger partial charge in [-0.1, -0.05) is 6.07 Å². The topological polar surface area (TPSA) is 92.3 Å². The van der Waals surface area contributed by atoms with Crippen LogP contribution in [0, 0.1) is 0 Å². The molecule has 2 amide bonds. The molecule has 0 radical (unpaired) electrons. The molecular formula is C18H20N4O3. The third-order valence-corrected chi connectivity index (χ3v) is 3.58. The number of rotatable bonds is 4. The number of nitrogens with one attached hydrogen (secondary N) is 3. The van der Waals surface area contributed by atoms with E-state index in [1.54, 1.807) is 36.7 Å². The first-order valence-electron chi connectivity index (χ1n) is 8.12. The minimum atomic E-state index is -0.288. The van der Waals surface area contributed by atoms with E-state index in [2.05, 4.69) is 20.9 Å². The number of para-hydroxylation sites is 1. The van der Waals surface area contributed by atoms with Crippen LogP contribution >= 0.6 is 0 Å². The molecule has 25 heavy (non-hydrogen) atoms. The molecular weight excluding hydrogens is 320 g/mol. The summed E-state index contributed by atoms with van der Waals surface area (Å²) in [7, 11) is 0. The van der Waals surface area contributed by atoms with E-state index in [-0.39, 0.29) is 17.9 Å². The third-order valence-electron chi connectivity index (χ3n) is 3.58. The Balaban J connectivity index is 1.83. The normalized spacial score (nSPS) is 13.3. The van der Waals surface area contributed by atoms with E-state index >= 15 is 0 Å². The summed E-state index contributed by atoms with van der Waals surface area (Å²) in [6.45, 7) is 4.32. The minimum absolute atomic E-state index is 0.0189. The molecule has 1 aliphatic heterocycles. The van der Waals surface area contributed by atoms with E-state index in [0.29, 0.717) is 41.3 Å². The zero-order chi connectivity index (χ0) is 17.8. The number of benzene rings is 1. The van der Waals surface area contributed by atoms with Gasteiger partial charge in [0.15, 0.2) is 0 Å². The Hall–Kier alpha value is -3.09. The summed E-state index contributed by atoms with van der Waals surface area (Å²) in [6, 6.07) is 6.93. The molecule has 7 heteroatoms. The summed E-state index contributed by atoms with van der Waals surface area (Å²) in [5.74, 6) is 0.223. The molecule has 0 bridgehead atoms. The third kappa shape index (κ3) is 4.06. The van der Waals surface area contributed by atoms with Crippen LogP contribution < -0.4 is 20.7 Å². The van der Waals surface area contributed by atoms with E-state index in [0.717, 1.165) is 0 Å². The second-order valence-corrected chi connectivity index (χ2v) is 5.98. The van der Waals surface area contributed by atoms with Gasteiger partial charge in [0, 0.05) is 19.0 Å². The van der Waals surface area contributed by atoms with Gasteiger partial charge in [-0.2, -0.15) is 0 Å². The number of aromatic nitrogens is 1. The fourth-order valence-electron chi connectivity index (χ4n) is 2.57. The van der Waals surface area contributed by atoms with Crippen LogP contribution in [0.15, 0.2) is 36.7 Å². The van der Waals surface area contributed by atoms with Crippen molar-refractivity contribution in [3.63, 3.8) is 0 Å². The number of nitrogens with zero attached hydrogens (tertiary/aromatic N) is 1. The zero-order valence-electron chi connectivity index (χ0n) is 14.1. The number of hydrogen-bond acceptors (Lipinski definition) is 5. The number of pyridine rings is 1. The molecule has 1 aromatic heterocycles. The Morgan fingerprint density at radius 2 is 2.16 bits per heavy atom. The van der Waals surface area contributed by atoms with E-state index in [1.165, 1.54) is 0 Å². The molecule has 3 N–H and O–H groups in total. The highest BCUT2D eigenvalue weighted by Gasteiger charge is 2.19. The first-order valence-corrected chi connectivity index (χ1v) is 8.12. The highest BCUT2D eigenvalue weighted by Crippen LogP contribution is 2.29. The predicted octanol–water partition coefficient (Wildman–Crippen LogP) is 2.88. The molecule has 0 unspecified atom stereocenters. The lowest BCUT2D eigenvalue weighted by Crippen LogP contribution is -2.15. The van der Waals surface area contributed by atoms with E-state index in [9.17, 15) is 9.59 Å². The van der Waals surface area contributed by atoms with E-state index in [1.807, 2.05) is 13.8 Å². The van der Waals surface area contributed by atoms with Crippen LogP contribution in [-0.4, -0.2) is 29.4 Å². The summed E-state index contributed by atoms with van der Waals surface area (Å²) in [5.41, 5.74) is 2.21. The fraction of sp³-hybridized carbons (Fsp3) is 0.278. The quantitative estimate of drug-likeness (QED) is 0.796. The largest absolute Gasteiger partial charge is 0.489 e. The fourth-order valence-corrected chi connectivity index (χ4v) is 2.57. The van der Waals surface area contributed by atoms with Crippen LogP contribution in [-0.2, 0) is 4.79 Å². The molecule has 2 aromatic rings. The van der Waals surface area contributed by atoms with Gasteiger partial charge in [0.2, 0.25) is 5.91 Å². The van der Waals surface area contributed by atoms with Crippen molar-refractivity contribution in [1.82, 2.24) is 4.98 Å². The lowest BCUT2D eigenvalue weighted by atomic mass is 10.1. The van der Waals surface area contributed by atoms with Gasteiger partial charge >= 0.3 is 0 Å². The van der Waals surface area contributed by atoms with Crippen LogP contribution in [0.3, 0.4) is 0 Å². The summed E-state index contributed by atoms with van der Waals surface area (Å²) in [5, 5.41) is 8.76. The molecule has 0 saturated carbocycles. The van der Waals surface area contributed by atoms with Crippen LogP contribution in [0.25, 0.3) is 0 Å². The number of carbonyl (C=O) groups is 2. The van der Waals surface area contributed by atoms with Gasteiger partial charge in [-0.3, -0.25) is 14.6 Å². The lowest BCUT2D eigenvalue weighted by molar-refractivity contribution is -0.115. The van der Waals surface area contributed by atoms with Gasteiger partial charge in [-0.15, -0.1) is 0 Å². The first-order chi connectivity index (χ1) is 12.0. The van der Waals surface area contributed by atoms with Crippen molar-refractivity contribution in [2.45, 2.75) is 26.4 Å². The number of anilines is 3. The standard InChI is InChI=1S/C18H20N4O3/c1-11(2)25-13-8-12(9-19-10-13)21-18(24)14-4-3-5-15-17(14)20-7-6-16(23)22-15/h3-5,8-11,20H,6-7H2,1-2H3,(H,21,24)(H,22,23). The summed E-state index contributed by atoms with van der Waals surface area (Å²) < 4.78 is 5.59. The van der Waals surface area contributed by atoms with Gasteiger partial charge in [0.25, 0.3) is 5.91 Å².